The molecule has 0 atom stereocenters. The van der Waals surface area contributed by atoms with Crippen molar-refractivity contribution in [3.05, 3.63) is 94.1 Å². The number of halogens is 1. The Morgan fingerprint density at radius 2 is 1.43 bits per heavy atom. The van der Waals surface area contributed by atoms with Crippen molar-refractivity contribution in [2.45, 2.75) is 0 Å². The van der Waals surface area contributed by atoms with Gasteiger partial charge in [0.15, 0.2) is 17.2 Å². The van der Waals surface area contributed by atoms with Crippen molar-refractivity contribution in [3.8, 4) is 28.4 Å². The lowest BCUT2D eigenvalue weighted by atomic mass is 10.0. The molecule has 188 valence electrons. The number of hydrogen-bond donors (Lipinski definition) is 0. The Hall–Kier alpha value is -4.44. The SMILES string of the molecule is COC(=O)c1c(-c2cc(Br)c(OC(=O)c3ccccc3)c(OC)c2)nn(-c2ccccc2)c1C(=O)OC. The molecule has 4 rings (SSSR count). The van der Waals surface area contributed by atoms with Gasteiger partial charge in [-0.25, -0.2) is 19.1 Å². The average Bonchev–Trinajstić information content (AvgIpc) is 3.34. The van der Waals surface area contributed by atoms with E-state index in [1.165, 1.54) is 26.0 Å². The Labute approximate surface area is 220 Å². The lowest BCUT2D eigenvalue weighted by molar-refractivity contribution is 0.0549. The first-order valence-electron chi connectivity index (χ1n) is 10.9. The Balaban J connectivity index is 1.89. The van der Waals surface area contributed by atoms with Gasteiger partial charge in [0.05, 0.1) is 37.1 Å². The van der Waals surface area contributed by atoms with Crippen molar-refractivity contribution >= 4 is 33.8 Å². The number of methoxy groups -OCH3 is 3. The number of esters is 3. The second-order valence-electron chi connectivity index (χ2n) is 7.55. The molecule has 3 aromatic carbocycles. The van der Waals surface area contributed by atoms with Gasteiger partial charge in [0.2, 0.25) is 0 Å². The molecule has 0 fully saturated rings. The number of nitrogens with zero attached hydrogens (tertiary/aromatic N) is 2. The number of hydrogen-bond acceptors (Lipinski definition) is 8. The first-order chi connectivity index (χ1) is 17.9. The fourth-order valence-electron chi connectivity index (χ4n) is 3.64. The minimum absolute atomic E-state index is 0.0961. The topological polar surface area (TPSA) is 106 Å². The van der Waals surface area contributed by atoms with Crippen LogP contribution in [0.4, 0.5) is 0 Å². The Morgan fingerprint density at radius 3 is 2.03 bits per heavy atom. The van der Waals surface area contributed by atoms with Gasteiger partial charge >= 0.3 is 17.9 Å². The number of carbonyl (C=O) groups is 3. The molecule has 0 N–H and O–H groups in total. The summed E-state index contributed by atoms with van der Waals surface area (Å²) in [6.45, 7) is 0. The Kier molecular flexibility index (Phi) is 7.69. The van der Waals surface area contributed by atoms with E-state index in [1.807, 2.05) is 6.07 Å². The van der Waals surface area contributed by atoms with Crippen molar-refractivity contribution in [1.82, 2.24) is 9.78 Å². The maximum atomic E-state index is 12.9. The van der Waals surface area contributed by atoms with E-state index in [0.717, 1.165) is 0 Å². The monoisotopic (exact) mass is 564 g/mol. The van der Waals surface area contributed by atoms with Crippen molar-refractivity contribution < 1.29 is 33.3 Å². The maximum Gasteiger partial charge on any atom is 0.357 e. The van der Waals surface area contributed by atoms with Gasteiger partial charge in [-0.3, -0.25) is 0 Å². The first kappa shape index (κ1) is 25.6. The van der Waals surface area contributed by atoms with E-state index in [9.17, 15) is 14.4 Å². The summed E-state index contributed by atoms with van der Waals surface area (Å²) in [5.74, 6) is -1.81. The summed E-state index contributed by atoms with van der Waals surface area (Å²) in [5.41, 5.74) is 1.21. The second kappa shape index (κ2) is 11.1. The molecular formula is C27H21BrN2O7. The van der Waals surface area contributed by atoms with Crippen LogP contribution in [0.1, 0.15) is 31.2 Å². The zero-order chi connectivity index (χ0) is 26.5. The fraction of sp³-hybridized carbons (Fsp3) is 0.111. The minimum Gasteiger partial charge on any atom is -0.493 e. The number of carbonyl (C=O) groups excluding carboxylic acids is 3. The van der Waals surface area contributed by atoms with Crippen LogP contribution in [0.15, 0.2) is 77.3 Å². The lowest BCUT2D eigenvalue weighted by Gasteiger charge is -2.13. The summed E-state index contributed by atoms with van der Waals surface area (Å²) in [4.78, 5) is 38.4. The van der Waals surface area contributed by atoms with Crippen LogP contribution in [0.25, 0.3) is 16.9 Å². The molecule has 9 nitrogen and oxygen atoms in total. The van der Waals surface area contributed by atoms with Crippen LogP contribution >= 0.6 is 15.9 Å². The summed E-state index contributed by atoms with van der Waals surface area (Å²) >= 11 is 3.43. The summed E-state index contributed by atoms with van der Waals surface area (Å²) < 4.78 is 22.7. The average molecular weight is 565 g/mol. The van der Waals surface area contributed by atoms with Crippen molar-refractivity contribution in [1.29, 1.82) is 0 Å². The largest absolute Gasteiger partial charge is 0.493 e. The Bertz CT molecular complexity index is 1470. The number of benzene rings is 3. The van der Waals surface area contributed by atoms with Gasteiger partial charge in [0, 0.05) is 5.56 Å². The zero-order valence-corrected chi connectivity index (χ0v) is 21.6. The predicted octanol–water partition coefficient (Wildman–Crippen LogP) is 5.10. The first-order valence-corrected chi connectivity index (χ1v) is 11.7. The van der Waals surface area contributed by atoms with Gasteiger partial charge in [-0.15, -0.1) is 0 Å². The molecule has 0 unspecified atom stereocenters. The van der Waals surface area contributed by atoms with Crippen LogP contribution in [0, 0.1) is 0 Å². The fourth-order valence-corrected chi connectivity index (χ4v) is 4.16. The molecule has 0 saturated carbocycles. The highest BCUT2D eigenvalue weighted by atomic mass is 79.9. The van der Waals surface area contributed by atoms with Crippen LogP contribution in [0.2, 0.25) is 0 Å². The molecule has 37 heavy (non-hydrogen) atoms. The molecule has 0 spiro atoms. The smallest absolute Gasteiger partial charge is 0.357 e. The Morgan fingerprint density at radius 1 is 0.811 bits per heavy atom. The number of rotatable bonds is 7. The van der Waals surface area contributed by atoms with E-state index < -0.39 is 17.9 Å². The third-order valence-electron chi connectivity index (χ3n) is 5.36. The highest BCUT2D eigenvalue weighted by molar-refractivity contribution is 9.10. The normalized spacial score (nSPS) is 10.5. The van der Waals surface area contributed by atoms with Crippen molar-refractivity contribution in [3.63, 3.8) is 0 Å². The van der Waals surface area contributed by atoms with E-state index in [0.29, 0.717) is 21.3 Å². The summed E-state index contributed by atoms with van der Waals surface area (Å²) in [5, 5.41) is 4.57. The molecule has 0 saturated heterocycles. The van der Waals surface area contributed by atoms with Gasteiger partial charge in [-0.1, -0.05) is 36.4 Å². The quantitative estimate of drug-likeness (QED) is 0.225. The van der Waals surface area contributed by atoms with E-state index in [-0.39, 0.29) is 28.5 Å². The number of ether oxygens (including phenoxy) is 4. The molecule has 4 aromatic rings. The molecule has 0 aliphatic heterocycles. The lowest BCUT2D eigenvalue weighted by Crippen LogP contribution is -2.15. The van der Waals surface area contributed by atoms with E-state index in [1.54, 1.807) is 66.7 Å². The minimum atomic E-state index is -0.785. The number of para-hydroxylation sites is 1. The van der Waals surface area contributed by atoms with E-state index in [4.69, 9.17) is 18.9 Å². The van der Waals surface area contributed by atoms with Gasteiger partial charge in [-0.05, 0) is 52.3 Å². The molecule has 0 bridgehead atoms. The van der Waals surface area contributed by atoms with Gasteiger partial charge < -0.3 is 18.9 Å². The van der Waals surface area contributed by atoms with E-state index in [2.05, 4.69) is 21.0 Å². The molecule has 0 aliphatic carbocycles. The maximum absolute atomic E-state index is 12.9. The van der Waals surface area contributed by atoms with Crippen LogP contribution < -0.4 is 9.47 Å². The van der Waals surface area contributed by atoms with Crippen LogP contribution in [-0.2, 0) is 9.47 Å². The molecule has 10 heteroatoms. The highest BCUT2D eigenvalue weighted by Crippen LogP contribution is 2.41. The standard InChI is InChI=1S/C27H21BrN2O7/c1-34-20-15-17(14-19(28)24(20)37-25(31)16-10-6-4-7-11-16)22-21(26(32)35-2)23(27(33)36-3)30(29-22)18-12-8-5-9-13-18/h4-15H,1-3H3. The molecule has 0 amide bonds. The van der Waals surface area contributed by atoms with Gasteiger partial charge in [0.1, 0.15) is 11.3 Å². The van der Waals surface area contributed by atoms with E-state index >= 15 is 0 Å². The predicted molar refractivity (Wildman–Crippen MR) is 137 cm³/mol. The van der Waals surface area contributed by atoms with Crippen LogP contribution in [0.5, 0.6) is 11.5 Å². The number of aromatic nitrogens is 2. The van der Waals surface area contributed by atoms with Gasteiger partial charge in [0.25, 0.3) is 0 Å². The third-order valence-corrected chi connectivity index (χ3v) is 5.95. The second-order valence-corrected chi connectivity index (χ2v) is 8.40. The zero-order valence-electron chi connectivity index (χ0n) is 20.1. The summed E-state index contributed by atoms with van der Waals surface area (Å²) in [6.07, 6.45) is 0. The van der Waals surface area contributed by atoms with Crippen LogP contribution in [-0.4, -0.2) is 49.0 Å². The van der Waals surface area contributed by atoms with Crippen LogP contribution in [0.3, 0.4) is 0 Å². The molecule has 0 aliphatic rings. The summed E-state index contributed by atoms with van der Waals surface area (Å²) in [6, 6.07) is 20.4. The van der Waals surface area contributed by atoms with Crippen molar-refractivity contribution in [2.75, 3.05) is 21.3 Å². The molecule has 0 radical (unpaired) electrons. The highest BCUT2D eigenvalue weighted by Gasteiger charge is 2.32. The van der Waals surface area contributed by atoms with Gasteiger partial charge in [-0.2, -0.15) is 5.10 Å². The van der Waals surface area contributed by atoms with Crippen molar-refractivity contribution in [2.24, 2.45) is 0 Å². The summed E-state index contributed by atoms with van der Waals surface area (Å²) in [7, 11) is 3.83. The molecule has 1 aromatic heterocycles. The third kappa shape index (κ3) is 5.10. The molecular weight excluding hydrogens is 544 g/mol. The molecule has 1 heterocycles.